The summed E-state index contributed by atoms with van der Waals surface area (Å²) in [7, 11) is 0. The summed E-state index contributed by atoms with van der Waals surface area (Å²) in [6.07, 6.45) is 1.69. The number of anilines is 1. The number of amides is 2. The van der Waals surface area contributed by atoms with Crippen molar-refractivity contribution in [2.75, 3.05) is 11.1 Å². The average molecular weight is 454 g/mol. The van der Waals surface area contributed by atoms with Crippen molar-refractivity contribution in [3.8, 4) is 0 Å². The molecule has 1 atom stereocenters. The van der Waals surface area contributed by atoms with Crippen LogP contribution in [-0.4, -0.2) is 32.3 Å². The number of nitrogens with zero attached hydrogens (tertiary/aromatic N) is 3. The predicted molar refractivity (Wildman–Crippen MR) is 123 cm³/mol. The highest BCUT2D eigenvalue weighted by molar-refractivity contribution is 7.99. The molecule has 0 aliphatic rings. The number of carbonyl (C=O) groups excluding carboxylic acids is 2. The second-order valence-corrected chi connectivity index (χ2v) is 8.04. The monoisotopic (exact) mass is 453 g/mol. The van der Waals surface area contributed by atoms with Gasteiger partial charge in [0.15, 0.2) is 11.0 Å². The number of nitrogens with one attached hydrogen (secondary N) is 2. The number of benzene rings is 2. The lowest BCUT2D eigenvalue weighted by molar-refractivity contribution is -0.113. The van der Waals surface area contributed by atoms with Gasteiger partial charge < -0.3 is 15.2 Å². The van der Waals surface area contributed by atoms with Crippen molar-refractivity contribution in [3.63, 3.8) is 0 Å². The topological polar surface area (TPSA) is 88.9 Å². The van der Waals surface area contributed by atoms with E-state index in [1.165, 1.54) is 23.9 Å². The Kier molecular flexibility index (Phi) is 7.77. The average Bonchev–Trinajstić information content (AvgIpc) is 3.18. The second kappa shape index (κ2) is 10.7. The first-order valence-corrected chi connectivity index (χ1v) is 11.0. The Hall–Kier alpha value is -3.46. The Morgan fingerprint density at radius 3 is 2.69 bits per heavy atom. The molecule has 1 aromatic heterocycles. The van der Waals surface area contributed by atoms with Gasteiger partial charge in [0.2, 0.25) is 5.91 Å². The van der Waals surface area contributed by atoms with Gasteiger partial charge >= 0.3 is 0 Å². The van der Waals surface area contributed by atoms with Gasteiger partial charge in [0, 0.05) is 17.8 Å². The molecule has 0 fully saturated rings. The third-order valence-corrected chi connectivity index (χ3v) is 5.60. The predicted octanol–water partition coefficient (Wildman–Crippen LogP) is 4.13. The van der Waals surface area contributed by atoms with Gasteiger partial charge in [-0.15, -0.1) is 16.8 Å². The van der Waals surface area contributed by atoms with E-state index in [0.29, 0.717) is 28.8 Å². The maximum Gasteiger partial charge on any atom is 0.251 e. The number of aromatic nitrogens is 3. The van der Waals surface area contributed by atoms with E-state index in [-0.39, 0.29) is 17.6 Å². The quantitative estimate of drug-likeness (QED) is 0.376. The lowest BCUT2D eigenvalue weighted by Gasteiger charge is -2.15. The van der Waals surface area contributed by atoms with Crippen LogP contribution in [0, 0.1) is 12.7 Å². The molecule has 2 amide bonds. The summed E-state index contributed by atoms with van der Waals surface area (Å²) in [5.41, 5.74) is 1.75. The molecule has 32 heavy (non-hydrogen) atoms. The van der Waals surface area contributed by atoms with Crippen LogP contribution < -0.4 is 10.6 Å². The smallest absolute Gasteiger partial charge is 0.251 e. The maximum atomic E-state index is 13.4. The fourth-order valence-electron chi connectivity index (χ4n) is 3.01. The summed E-state index contributed by atoms with van der Waals surface area (Å²) in [6, 6.07) is 12.7. The maximum absolute atomic E-state index is 13.4. The third kappa shape index (κ3) is 5.82. The summed E-state index contributed by atoms with van der Waals surface area (Å²) >= 11 is 1.20. The van der Waals surface area contributed by atoms with Gasteiger partial charge in [-0.1, -0.05) is 42.1 Å². The van der Waals surface area contributed by atoms with Crippen LogP contribution in [0.1, 0.15) is 34.7 Å². The molecule has 2 aromatic carbocycles. The number of thioether (sulfide) groups is 1. The largest absolute Gasteiger partial charge is 0.342 e. The molecule has 9 heteroatoms. The zero-order valence-electron chi connectivity index (χ0n) is 17.8. The number of carbonyl (C=O) groups is 2. The Morgan fingerprint density at radius 1 is 1.22 bits per heavy atom. The van der Waals surface area contributed by atoms with E-state index in [1.54, 1.807) is 47.9 Å². The van der Waals surface area contributed by atoms with E-state index >= 15 is 0 Å². The zero-order valence-corrected chi connectivity index (χ0v) is 18.7. The van der Waals surface area contributed by atoms with Crippen LogP contribution >= 0.6 is 11.8 Å². The van der Waals surface area contributed by atoms with Crippen LogP contribution in [0.15, 0.2) is 66.3 Å². The summed E-state index contributed by atoms with van der Waals surface area (Å²) in [6.45, 7) is 7.79. The molecule has 0 aliphatic heterocycles. The van der Waals surface area contributed by atoms with E-state index < -0.39 is 11.9 Å². The van der Waals surface area contributed by atoms with E-state index in [0.717, 1.165) is 5.56 Å². The van der Waals surface area contributed by atoms with Crippen molar-refractivity contribution < 1.29 is 14.0 Å². The number of hydrogen-bond donors (Lipinski definition) is 2. The fraction of sp³-hybridized carbons (Fsp3) is 0.217. The Balaban J connectivity index is 1.67. The number of rotatable bonds is 9. The van der Waals surface area contributed by atoms with Crippen molar-refractivity contribution >= 4 is 29.3 Å². The Bertz CT molecular complexity index is 1120. The molecule has 0 saturated carbocycles. The number of hydrogen-bond acceptors (Lipinski definition) is 5. The third-order valence-electron chi connectivity index (χ3n) is 4.63. The highest BCUT2D eigenvalue weighted by atomic mass is 32.2. The summed E-state index contributed by atoms with van der Waals surface area (Å²) in [5.74, 6) is -0.302. The van der Waals surface area contributed by atoms with Crippen LogP contribution in [-0.2, 0) is 11.3 Å². The van der Waals surface area contributed by atoms with Crippen molar-refractivity contribution in [2.45, 2.75) is 31.6 Å². The molecule has 0 spiro atoms. The molecule has 3 aromatic rings. The molecule has 3 rings (SSSR count). The van der Waals surface area contributed by atoms with E-state index in [2.05, 4.69) is 27.4 Å². The molecule has 0 bridgehead atoms. The molecule has 0 aliphatic carbocycles. The summed E-state index contributed by atoms with van der Waals surface area (Å²) < 4.78 is 15.2. The molecule has 166 valence electrons. The van der Waals surface area contributed by atoms with Gasteiger partial charge in [0.05, 0.1) is 11.8 Å². The summed E-state index contributed by atoms with van der Waals surface area (Å²) in [5, 5.41) is 14.5. The van der Waals surface area contributed by atoms with Crippen LogP contribution in [0.2, 0.25) is 0 Å². The van der Waals surface area contributed by atoms with Gasteiger partial charge in [-0.05, 0) is 43.7 Å². The molecule has 0 saturated heterocycles. The normalized spacial score (nSPS) is 11.6. The summed E-state index contributed by atoms with van der Waals surface area (Å²) in [4.78, 5) is 24.8. The SMILES string of the molecule is C=CCn1c(SCC(=O)Nc2cc(F)ccc2C)nnc1[C@@H](C)NC(=O)c1ccccc1. The van der Waals surface area contributed by atoms with Crippen molar-refractivity contribution in [1.82, 2.24) is 20.1 Å². The molecule has 1 heterocycles. The van der Waals surface area contributed by atoms with Crippen LogP contribution in [0.4, 0.5) is 10.1 Å². The highest BCUT2D eigenvalue weighted by Crippen LogP contribution is 2.22. The van der Waals surface area contributed by atoms with Gasteiger partial charge in [0.25, 0.3) is 5.91 Å². The standard InChI is InChI=1S/C23H24FN5O2S/c1-4-12-29-21(16(3)25-22(31)17-8-6-5-7-9-17)27-28-23(29)32-14-20(30)26-19-13-18(24)11-10-15(19)2/h4-11,13,16H,1,12,14H2,2-3H3,(H,25,31)(H,26,30)/t16-/m1/s1. The number of halogens is 1. The minimum absolute atomic E-state index is 0.0655. The molecule has 0 radical (unpaired) electrons. The lowest BCUT2D eigenvalue weighted by Crippen LogP contribution is -2.28. The molecular weight excluding hydrogens is 429 g/mol. The fourth-order valence-corrected chi connectivity index (χ4v) is 3.76. The molecular formula is C23H24FN5O2S. The zero-order chi connectivity index (χ0) is 23.1. The van der Waals surface area contributed by atoms with Crippen LogP contribution in [0.25, 0.3) is 0 Å². The Labute approximate surface area is 190 Å². The highest BCUT2D eigenvalue weighted by Gasteiger charge is 2.20. The van der Waals surface area contributed by atoms with Gasteiger partial charge in [-0.2, -0.15) is 0 Å². The van der Waals surface area contributed by atoms with Crippen molar-refractivity contribution in [3.05, 3.63) is 84.0 Å². The molecule has 7 nitrogen and oxygen atoms in total. The minimum Gasteiger partial charge on any atom is -0.342 e. The van der Waals surface area contributed by atoms with Gasteiger partial charge in [-0.3, -0.25) is 9.59 Å². The van der Waals surface area contributed by atoms with E-state index in [9.17, 15) is 14.0 Å². The van der Waals surface area contributed by atoms with E-state index in [4.69, 9.17) is 0 Å². The second-order valence-electron chi connectivity index (χ2n) is 7.10. The minimum atomic E-state index is -0.416. The van der Waals surface area contributed by atoms with Crippen LogP contribution in [0.5, 0.6) is 0 Å². The molecule has 0 unspecified atom stereocenters. The van der Waals surface area contributed by atoms with Gasteiger partial charge in [0.1, 0.15) is 5.82 Å². The Morgan fingerprint density at radius 2 is 1.97 bits per heavy atom. The number of allylic oxidation sites excluding steroid dienone is 1. The van der Waals surface area contributed by atoms with Crippen LogP contribution in [0.3, 0.4) is 0 Å². The van der Waals surface area contributed by atoms with E-state index in [1.807, 2.05) is 13.0 Å². The molecule has 2 N–H and O–H groups in total. The number of aryl methyl sites for hydroxylation is 1. The van der Waals surface area contributed by atoms with Crippen molar-refractivity contribution in [1.29, 1.82) is 0 Å². The first kappa shape index (κ1) is 23.2. The first-order valence-electron chi connectivity index (χ1n) is 9.97. The van der Waals surface area contributed by atoms with Crippen molar-refractivity contribution in [2.24, 2.45) is 0 Å². The first-order chi connectivity index (χ1) is 15.4. The lowest BCUT2D eigenvalue weighted by atomic mass is 10.2. The van der Waals surface area contributed by atoms with Gasteiger partial charge in [-0.25, -0.2) is 4.39 Å².